The Balaban J connectivity index is 1.20. The molecule has 6 nitrogen and oxygen atoms in total. The summed E-state index contributed by atoms with van der Waals surface area (Å²) in [6.07, 6.45) is 2.88. The fraction of sp³-hybridized carbons (Fsp3) is 0.250. The topological polar surface area (TPSA) is 56.3 Å². The molecule has 6 heteroatoms. The van der Waals surface area contributed by atoms with Crippen LogP contribution in [0.2, 0.25) is 0 Å². The van der Waals surface area contributed by atoms with Crippen LogP contribution in [0.25, 0.3) is 11.3 Å². The highest BCUT2D eigenvalue weighted by Gasteiger charge is 2.18. The molecule has 1 saturated heterocycles. The molecular weight excluding hydrogens is 468 g/mol. The summed E-state index contributed by atoms with van der Waals surface area (Å²) in [5, 5.41) is 6.63. The van der Waals surface area contributed by atoms with Crippen molar-refractivity contribution in [2.75, 3.05) is 41.7 Å². The summed E-state index contributed by atoms with van der Waals surface area (Å²) < 4.78 is 0. The average Bonchev–Trinajstić information content (AvgIpc) is 2.94. The molecule has 5 rings (SSSR count). The van der Waals surface area contributed by atoms with Crippen LogP contribution in [-0.4, -0.2) is 41.0 Å². The normalized spacial score (nSPS) is 13.8. The maximum Gasteiger partial charge on any atom is 0.227 e. The molecule has 4 aromatic rings. The van der Waals surface area contributed by atoms with Gasteiger partial charge in [-0.25, -0.2) is 9.97 Å². The molecule has 1 aliphatic heterocycles. The van der Waals surface area contributed by atoms with Crippen molar-refractivity contribution in [3.8, 4) is 11.3 Å². The zero-order valence-corrected chi connectivity index (χ0v) is 22.3. The van der Waals surface area contributed by atoms with Gasteiger partial charge in [0.05, 0.1) is 5.69 Å². The van der Waals surface area contributed by atoms with Gasteiger partial charge in [0.25, 0.3) is 0 Å². The number of benzene rings is 3. The zero-order chi connectivity index (χ0) is 26.3. The summed E-state index contributed by atoms with van der Waals surface area (Å²) >= 11 is 0. The lowest BCUT2D eigenvalue weighted by Crippen LogP contribution is -2.45. The lowest BCUT2D eigenvalue weighted by atomic mass is 10.1. The summed E-state index contributed by atoms with van der Waals surface area (Å²) in [5.41, 5.74) is 8.86. The van der Waals surface area contributed by atoms with Crippen molar-refractivity contribution in [3.05, 3.63) is 108 Å². The van der Waals surface area contributed by atoms with Crippen molar-refractivity contribution in [2.45, 2.75) is 26.8 Å². The highest BCUT2D eigenvalue weighted by atomic mass is 15.3. The maximum atomic E-state index is 4.75. The molecule has 0 spiro atoms. The number of rotatable bonds is 9. The quantitative estimate of drug-likeness (QED) is 0.264. The van der Waals surface area contributed by atoms with Gasteiger partial charge in [0.15, 0.2) is 0 Å². The van der Waals surface area contributed by atoms with E-state index in [9.17, 15) is 0 Å². The van der Waals surface area contributed by atoms with E-state index in [1.165, 1.54) is 16.8 Å². The largest absolute Gasteiger partial charge is 0.369 e. The molecule has 3 aromatic carbocycles. The first-order valence-electron chi connectivity index (χ1n) is 13.3. The Hall–Kier alpha value is -4.16. The van der Waals surface area contributed by atoms with E-state index < -0.39 is 0 Å². The SMILES string of the molecule is C=C(C)Nc1ccc(-c2ccnc(Nc3cccc(N4CCN(Cc5cccc(CC)c5)CC4)c3)n2)cc1. The Morgan fingerprint density at radius 2 is 1.63 bits per heavy atom. The second kappa shape index (κ2) is 11.9. The van der Waals surface area contributed by atoms with Gasteiger partial charge >= 0.3 is 0 Å². The number of hydrogen-bond donors (Lipinski definition) is 2. The summed E-state index contributed by atoms with van der Waals surface area (Å²) in [6.45, 7) is 13.2. The monoisotopic (exact) mass is 504 g/mol. The van der Waals surface area contributed by atoms with Crippen LogP contribution in [0.3, 0.4) is 0 Å². The standard InChI is InChI=1S/C32H36N6/c1-4-25-7-5-8-26(21-25)23-37-17-19-38(20-18-37)30-10-6-9-29(22-30)35-32-33-16-15-31(36-32)27-11-13-28(14-12-27)34-24(2)3/h5-16,21-22,34H,2,4,17-20,23H2,1,3H3,(H,33,35,36). The summed E-state index contributed by atoms with van der Waals surface area (Å²) in [5.74, 6) is 0.586. The molecule has 2 heterocycles. The van der Waals surface area contributed by atoms with Gasteiger partial charge in [-0.1, -0.05) is 56.0 Å². The van der Waals surface area contributed by atoms with Crippen LogP contribution in [-0.2, 0) is 13.0 Å². The highest BCUT2D eigenvalue weighted by Crippen LogP contribution is 2.25. The second-order valence-corrected chi connectivity index (χ2v) is 9.86. The minimum Gasteiger partial charge on any atom is -0.369 e. The Labute approximate surface area is 226 Å². The fourth-order valence-electron chi connectivity index (χ4n) is 4.83. The number of hydrogen-bond acceptors (Lipinski definition) is 6. The molecule has 0 bridgehead atoms. The van der Waals surface area contributed by atoms with Crippen LogP contribution in [0.4, 0.5) is 23.0 Å². The molecule has 0 unspecified atom stereocenters. The highest BCUT2D eigenvalue weighted by molar-refractivity contribution is 5.66. The molecule has 1 aliphatic rings. The summed E-state index contributed by atoms with van der Waals surface area (Å²) in [7, 11) is 0. The van der Waals surface area contributed by atoms with E-state index in [2.05, 4.69) is 99.6 Å². The number of piperazine rings is 1. The van der Waals surface area contributed by atoms with Gasteiger partial charge in [0, 0.05) is 67.2 Å². The minimum atomic E-state index is 0.586. The smallest absolute Gasteiger partial charge is 0.227 e. The van der Waals surface area contributed by atoms with Gasteiger partial charge in [-0.05, 0) is 60.9 Å². The Bertz CT molecular complexity index is 1370. The van der Waals surface area contributed by atoms with E-state index in [0.717, 1.165) is 67.5 Å². The lowest BCUT2D eigenvalue weighted by molar-refractivity contribution is 0.250. The molecule has 1 fully saturated rings. The molecule has 0 atom stereocenters. The molecule has 0 radical (unpaired) electrons. The van der Waals surface area contributed by atoms with Crippen LogP contribution >= 0.6 is 0 Å². The van der Waals surface area contributed by atoms with Gasteiger partial charge < -0.3 is 15.5 Å². The number of nitrogens with zero attached hydrogens (tertiary/aromatic N) is 4. The van der Waals surface area contributed by atoms with E-state index in [-0.39, 0.29) is 0 Å². The van der Waals surface area contributed by atoms with E-state index in [4.69, 9.17) is 4.98 Å². The average molecular weight is 505 g/mol. The van der Waals surface area contributed by atoms with Gasteiger partial charge in [0.2, 0.25) is 5.95 Å². The third-order valence-corrected chi connectivity index (χ3v) is 6.84. The summed E-state index contributed by atoms with van der Waals surface area (Å²) in [6, 6.07) is 27.6. The molecular formula is C32H36N6. The van der Waals surface area contributed by atoms with Gasteiger partial charge in [-0.3, -0.25) is 4.90 Å². The zero-order valence-electron chi connectivity index (χ0n) is 22.3. The van der Waals surface area contributed by atoms with E-state index in [1.807, 2.05) is 25.1 Å². The molecule has 194 valence electrons. The number of anilines is 4. The van der Waals surface area contributed by atoms with Crippen LogP contribution in [0.1, 0.15) is 25.0 Å². The number of allylic oxidation sites excluding steroid dienone is 1. The van der Waals surface area contributed by atoms with Gasteiger partial charge in [0.1, 0.15) is 0 Å². The molecule has 1 aromatic heterocycles. The van der Waals surface area contributed by atoms with Crippen molar-refractivity contribution in [3.63, 3.8) is 0 Å². The van der Waals surface area contributed by atoms with Crippen LogP contribution in [0.5, 0.6) is 0 Å². The number of nitrogens with one attached hydrogen (secondary N) is 2. The van der Waals surface area contributed by atoms with Gasteiger partial charge in [-0.2, -0.15) is 0 Å². The van der Waals surface area contributed by atoms with E-state index in [1.54, 1.807) is 6.20 Å². The molecule has 0 amide bonds. The van der Waals surface area contributed by atoms with Crippen molar-refractivity contribution >= 4 is 23.0 Å². The predicted octanol–water partition coefficient (Wildman–Crippen LogP) is 6.72. The first-order chi connectivity index (χ1) is 18.6. The maximum absolute atomic E-state index is 4.75. The van der Waals surface area contributed by atoms with E-state index in [0.29, 0.717) is 5.95 Å². The molecule has 0 aliphatic carbocycles. The van der Waals surface area contributed by atoms with Crippen molar-refractivity contribution in [1.29, 1.82) is 0 Å². The second-order valence-electron chi connectivity index (χ2n) is 9.86. The third-order valence-electron chi connectivity index (χ3n) is 6.84. The molecule has 0 saturated carbocycles. The van der Waals surface area contributed by atoms with Crippen LogP contribution in [0.15, 0.2) is 97.3 Å². The third kappa shape index (κ3) is 6.58. The Morgan fingerprint density at radius 1 is 0.868 bits per heavy atom. The first kappa shape index (κ1) is 25.5. The van der Waals surface area contributed by atoms with Crippen LogP contribution in [0, 0.1) is 0 Å². The fourth-order valence-corrected chi connectivity index (χ4v) is 4.83. The molecule has 2 N–H and O–H groups in total. The van der Waals surface area contributed by atoms with Gasteiger partial charge in [-0.15, -0.1) is 0 Å². The van der Waals surface area contributed by atoms with Crippen molar-refractivity contribution in [1.82, 2.24) is 14.9 Å². The number of aromatic nitrogens is 2. The first-order valence-corrected chi connectivity index (χ1v) is 13.3. The van der Waals surface area contributed by atoms with E-state index >= 15 is 0 Å². The van der Waals surface area contributed by atoms with Crippen LogP contribution < -0.4 is 15.5 Å². The minimum absolute atomic E-state index is 0.586. The Morgan fingerprint density at radius 3 is 2.39 bits per heavy atom. The van der Waals surface area contributed by atoms with Crippen molar-refractivity contribution in [2.24, 2.45) is 0 Å². The Kier molecular flexibility index (Phi) is 8.00. The lowest BCUT2D eigenvalue weighted by Gasteiger charge is -2.36. The summed E-state index contributed by atoms with van der Waals surface area (Å²) in [4.78, 5) is 14.2. The predicted molar refractivity (Wildman–Crippen MR) is 159 cm³/mol. The number of aryl methyl sites for hydroxylation is 1. The van der Waals surface area contributed by atoms with Crippen molar-refractivity contribution < 1.29 is 0 Å². The molecule has 38 heavy (non-hydrogen) atoms.